The summed E-state index contributed by atoms with van der Waals surface area (Å²) in [6.07, 6.45) is 1.14. The Kier molecular flexibility index (Phi) is 2.32. The SMILES string of the molecule is CC(O)(O)c1ncc(Cl)cc1F. The zero-order chi connectivity index (χ0) is 9.35. The maximum absolute atomic E-state index is 12.9. The van der Waals surface area contributed by atoms with Gasteiger partial charge in [0.05, 0.1) is 5.02 Å². The van der Waals surface area contributed by atoms with Gasteiger partial charge >= 0.3 is 0 Å². The van der Waals surface area contributed by atoms with E-state index in [0.29, 0.717) is 0 Å². The van der Waals surface area contributed by atoms with Crippen molar-refractivity contribution in [2.45, 2.75) is 12.7 Å². The molecule has 0 aliphatic heterocycles. The number of rotatable bonds is 1. The van der Waals surface area contributed by atoms with E-state index in [2.05, 4.69) is 4.98 Å². The Morgan fingerprint density at radius 3 is 2.58 bits per heavy atom. The van der Waals surface area contributed by atoms with Crippen LogP contribution in [0.2, 0.25) is 5.02 Å². The lowest BCUT2D eigenvalue weighted by Gasteiger charge is -2.15. The molecule has 0 spiro atoms. The number of hydrogen-bond donors (Lipinski definition) is 2. The van der Waals surface area contributed by atoms with Gasteiger partial charge in [-0.3, -0.25) is 4.98 Å². The summed E-state index contributed by atoms with van der Waals surface area (Å²) < 4.78 is 12.9. The second-order valence-electron chi connectivity index (χ2n) is 2.50. The zero-order valence-electron chi connectivity index (χ0n) is 6.25. The van der Waals surface area contributed by atoms with Gasteiger partial charge in [-0.05, 0) is 13.0 Å². The van der Waals surface area contributed by atoms with Crippen LogP contribution >= 0.6 is 11.6 Å². The Labute approximate surface area is 73.4 Å². The van der Waals surface area contributed by atoms with Crippen molar-refractivity contribution in [1.29, 1.82) is 0 Å². The van der Waals surface area contributed by atoms with Gasteiger partial charge in [-0.1, -0.05) is 11.6 Å². The lowest BCUT2D eigenvalue weighted by molar-refractivity contribution is -0.158. The third-order valence-electron chi connectivity index (χ3n) is 1.26. The molecule has 0 saturated heterocycles. The zero-order valence-corrected chi connectivity index (χ0v) is 7.01. The topological polar surface area (TPSA) is 53.4 Å². The minimum Gasteiger partial charge on any atom is -0.361 e. The molecule has 3 nitrogen and oxygen atoms in total. The van der Waals surface area contributed by atoms with Gasteiger partial charge in [0.25, 0.3) is 0 Å². The molecule has 1 aromatic heterocycles. The number of aromatic nitrogens is 1. The van der Waals surface area contributed by atoms with E-state index in [1.807, 2.05) is 0 Å². The third-order valence-corrected chi connectivity index (χ3v) is 1.46. The molecule has 1 aromatic rings. The maximum Gasteiger partial charge on any atom is 0.207 e. The molecule has 0 amide bonds. The lowest BCUT2D eigenvalue weighted by Crippen LogP contribution is -2.23. The van der Waals surface area contributed by atoms with Crippen LogP contribution in [0.4, 0.5) is 4.39 Å². The maximum atomic E-state index is 12.9. The van der Waals surface area contributed by atoms with Crippen LogP contribution in [0.15, 0.2) is 12.3 Å². The van der Waals surface area contributed by atoms with Crippen LogP contribution in [0.5, 0.6) is 0 Å². The van der Waals surface area contributed by atoms with Crippen molar-refractivity contribution in [1.82, 2.24) is 4.98 Å². The molecule has 0 atom stereocenters. The number of hydrogen-bond acceptors (Lipinski definition) is 3. The van der Waals surface area contributed by atoms with Gasteiger partial charge in [0.2, 0.25) is 5.79 Å². The highest BCUT2D eigenvalue weighted by Crippen LogP contribution is 2.20. The molecule has 0 bridgehead atoms. The van der Waals surface area contributed by atoms with E-state index in [0.717, 1.165) is 19.2 Å². The first-order valence-corrected chi connectivity index (χ1v) is 3.55. The number of aliphatic hydroxyl groups is 2. The molecule has 0 saturated carbocycles. The monoisotopic (exact) mass is 191 g/mol. The van der Waals surface area contributed by atoms with Crippen molar-refractivity contribution in [2.75, 3.05) is 0 Å². The Balaban J connectivity index is 3.19. The second kappa shape index (κ2) is 2.97. The fraction of sp³-hybridized carbons (Fsp3) is 0.286. The van der Waals surface area contributed by atoms with Crippen LogP contribution in [0.3, 0.4) is 0 Å². The summed E-state index contributed by atoms with van der Waals surface area (Å²) in [6.45, 7) is 1.02. The van der Waals surface area contributed by atoms with Gasteiger partial charge in [-0.15, -0.1) is 0 Å². The molecule has 0 aliphatic rings. The Bertz CT molecular complexity index is 298. The first-order valence-electron chi connectivity index (χ1n) is 3.17. The van der Waals surface area contributed by atoms with Crippen molar-refractivity contribution < 1.29 is 14.6 Å². The van der Waals surface area contributed by atoms with Crippen molar-refractivity contribution in [3.63, 3.8) is 0 Å². The summed E-state index contributed by atoms with van der Waals surface area (Å²) in [7, 11) is 0. The average molecular weight is 192 g/mol. The second-order valence-corrected chi connectivity index (χ2v) is 2.94. The summed E-state index contributed by atoms with van der Waals surface area (Å²) in [5.74, 6) is -3.11. The summed E-state index contributed by atoms with van der Waals surface area (Å²) in [4.78, 5) is 3.44. The summed E-state index contributed by atoms with van der Waals surface area (Å²) in [5, 5.41) is 18.1. The van der Waals surface area contributed by atoms with E-state index >= 15 is 0 Å². The normalized spacial score (nSPS) is 11.8. The van der Waals surface area contributed by atoms with Crippen molar-refractivity contribution in [3.8, 4) is 0 Å². The highest BCUT2D eigenvalue weighted by Gasteiger charge is 2.24. The fourth-order valence-electron chi connectivity index (χ4n) is 0.763. The number of nitrogens with zero attached hydrogens (tertiary/aromatic N) is 1. The molecule has 0 aromatic carbocycles. The minimum atomic E-state index is -2.27. The standard InChI is InChI=1S/C7H7ClFNO2/c1-7(11,12)6-5(9)2-4(8)3-10-6/h2-3,11-12H,1H3. The third kappa shape index (κ3) is 1.91. The lowest BCUT2D eigenvalue weighted by atomic mass is 10.2. The molecule has 0 fully saturated rings. The molecule has 0 radical (unpaired) electrons. The van der Waals surface area contributed by atoms with Gasteiger partial charge in [0.1, 0.15) is 5.69 Å². The molecule has 5 heteroatoms. The predicted octanol–water partition coefficient (Wildman–Crippen LogP) is 1.03. The molecule has 1 rings (SSSR count). The smallest absolute Gasteiger partial charge is 0.207 e. The van der Waals surface area contributed by atoms with E-state index in [1.54, 1.807) is 0 Å². The van der Waals surface area contributed by atoms with Crippen LogP contribution in [-0.4, -0.2) is 15.2 Å². The van der Waals surface area contributed by atoms with Gasteiger partial charge in [0.15, 0.2) is 5.82 Å². The van der Waals surface area contributed by atoms with Gasteiger partial charge in [0, 0.05) is 6.20 Å². The fourth-order valence-corrected chi connectivity index (χ4v) is 0.908. The first kappa shape index (κ1) is 9.38. The quantitative estimate of drug-likeness (QED) is 0.652. The molecule has 0 unspecified atom stereocenters. The van der Waals surface area contributed by atoms with Gasteiger partial charge in [-0.25, -0.2) is 4.39 Å². The number of halogens is 2. The predicted molar refractivity (Wildman–Crippen MR) is 41.0 cm³/mol. The largest absolute Gasteiger partial charge is 0.361 e. The molecular weight excluding hydrogens is 185 g/mol. The Morgan fingerprint density at radius 1 is 1.58 bits per heavy atom. The van der Waals surface area contributed by atoms with Crippen LogP contribution in [0, 0.1) is 5.82 Å². The Hall–Kier alpha value is -0.710. The molecule has 0 aliphatic carbocycles. The molecule has 12 heavy (non-hydrogen) atoms. The first-order chi connectivity index (χ1) is 5.41. The van der Waals surface area contributed by atoms with E-state index in [9.17, 15) is 4.39 Å². The van der Waals surface area contributed by atoms with Crippen molar-refractivity contribution in [3.05, 3.63) is 28.8 Å². The van der Waals surface area contributed by atoms with Gasteiger partial charge in [-0.2, -0.15) is 0 Å². The number of pyridine rings is 1. The highest BCUT2D eigenvalue weighted by molar-refractivity contribution is 6.30. The van der Waals surface area contributed by atoms with E-state index < -0.39 is 17.3 Å². The average Bonchev–Trinajstić information content (AvgIpc) is 1.83. The van der Waals surface area contributed by atoms with Gasteiger partial charge < -0.3 is 10.2 Å². The summed E-state index contributed by atoms with van der Waals surface area (Å²) in [6, 6.07) is 0.967. The van der Waals surface area contributed by atoms with Crippen LogP contribution in [-0.2, 0) is 5.79 Å². The van der Waals surface area contributed by atoms with Crippen LogP contribution < -0.4 is 0 Å². The Morgan fingerprint density at radius 2 is 2.17 bits per heavy atom. The van der Waals surface area contributed by atoms with E-state index in [1.165, 1.54) is 0 Å². The summed E-state index contributed by atoms with van der Waals surface area (Å²) in [5.41, 5.74) is -0.438. The van der Waals surface area contributed by atoms with E-state index in [4.69, 9.17) is 21.8 Å². The molecular formula is C7H7ClFNO2. The van der Waals surface area contributed by atoms with Crippen LogP contribution in [0.25, 0.3) is 0 Å². The van der Waals surface area contributed by atoms with E-state index in [-0.39, 0.29) is 5.02 Å². The molecule has 2 N–H and O–H groups in total. The van der Waals surface area contributed by atoms with Crippen molar-refractivity contribution >= 4 is 11.6 Å². The molecule has 1 heterocycles. The molecule has 66 valence electrons. The minimum absolute atomic E-state index is 0.112. The van der Waals surface area contributed by atoms with Crippen molar-refractivity contribution in [2.24, 2.45) is 0 Å². The highest BCUT2D eigenvalue weighted by atomic mass is 35.5. The van der Waals surface area contributed by atoms with Crippen LogP contribution in [0.1, 0.15) is 12.6 Å². The summed E-state index contributed by atoms with van der Waals surface area (Å²) >= 11 is 5.40.